The van der Waals surface area contributed by atoms with E-state index in [1.54, 1.807) is 18.4 Å². The third kappa shape index (κ3) is 5.60. The van der Waals surface area contributed by atoms with E-state index in [1.807, 2.05) is 6.07 Å². The lowest BCUT2D eigenvalue weighted by atomic mass is 10.1. The van der Waals surface area contributed by atoms with Gasteiger partial charge in [0.1, 0.15) is 0 Å². The molecule has 122 valence electrons. The van der Waals surface area contributed by atoms with E-state index in [0.29, 0.717) is 12.5 Å². The molecule has 5 nitrogen and oxygen atoms in total. The zero-order chi connectivity index (χ0) is 15.1. The monoisotopic (exact) mass is 434 g/mol. The zero-order valence-electron chi connectivity index (χ0n) is 13.1. The number of hydrogen-bond acceptors (Lipinski definition) is 4. The quantitative estimate of drug-likeness (QED) is 0.416. The lowest BCUT2D eigenvalue weighted by Gasteiger charge is -2.14. The summed E-state index contributed by atoms with van der Waals surface area (Å²) < 4.78 is 5.24. The summed E-state index contributed by atoms with van der Waals surface area (Å²) in [7, 11) is 1.77. The fourth-order valence-electron chi connectivity index (χ4n) is 1.92. The highest BCUT2D eigenvalue weighted by Crippen LogP contribution is 2.19. The predicted molar refractivity (Wildman–Crippen MR) is 102 cm³/mol. The first kappa shape index (κ1) is 19.0. The minimum atomic E-state index is 0. The van der Waals surface area contributed by atoms with Crippen molar-refractivity contribution >= 4 is 41.3 Å². The van der Waals surface area contributed by atoms with Crippen LogP contribution in [0.2, 0.25) is 0 Å². The highest BCUT2D eigenvalue weighted by molar-refractivity contribution is 14.0. The first-order valence-electron chi connectivity index (χ1n) is 7.15. The first-order chi connectivity index (χ1) is 10.2. The number of nitrogens with one attached hydrogen (secondary N) is 2. The summed E-state index contributed by atoms with van der Waals surface area (Å²) in [4.78, 5) is 5.59. The van der Waals surface area contributed by atoms with Crippen molar-refractivity contribution in [3.8, 4) is 0 Å². The Kier molecular flexibility index (Phi) is 8.47. The van der Waals surface area contributed by atoms with Gasteiger partial charge in [0.2, 0.25) is 0 Å². The highest BCUT2D eigenvalue weighted by atomic mass is 127. The summed E-state index contributed by atoms with van der Waals surface area (Å²) in [5.41, 5.74) is 0.973. The average Bonchev–Trinajstić information content (AvgIpc) is 3.18. The molecule has 7 heteroatoms. The number of hydrogen-bond donors (Lipinski definition) is 2. The van der Waals surface area contributed by atoms with Crippen molar-refractivity contribution in [3.63, 3.8) is 0 Å². The Labute approximate surface area is 152 Å². The van der Waals surface area contributed by atoms with Crippen LogP contribution in [0.4, 0.5) is 0 Å². The molecule has 0 aliphatic carbocycles. The Morgan fingerprint density at radius 1 is 1.45 bits per heavy atom. The van der Waals surface area contributed by atoms with Gasteiger partial charge in [0.05, 0.1) is 12.2 Å². The van der Waals surface area contributed by atoms with E-state index in [4.69, 9.17) is 4.52 Å². The second-order valence-electron chi connectivity index (χ2n) is 4.86. The maximum absolute atomic E-state index is 5.24. The van der Waals surface area contributed by atoms with Gasteiger partial charge < -0.3 is 15.2 Å². The molecule has 22 heavy (non-hydrogen) atoms. The highest BCUT2D eigenvalue weighted by Gasteiger charge is 2.08. The van der Waals surface area contributed by atoms with Crippen LogP contribution >= 0.6 is 35.3 Å². The van der Waals surface area contributed by atoms with Crippen LogP contribution < -0.4 is 10.6 Å². The van der Waals surface area contributed by atoms with Crippen molar-refractivity contribution in [2.24, 2.45) is 4.99 Å². The Balaban J connectivity index is 0.00000242. The molecule has 2 aromatic heterocycles. The average molecular weight is 434 g/mol. The number of aliphatic imine (C=N–C) groups is 1. The number of guanidine groups is 1. The van der Waals surface area contributed by atoms with Crippen molar-refractivity contribution in [3.05, 3.63) is 39.9 Å². The molecule has 1 unspecified atom stereocenters. The molecule has 0 aromatic carbocycles. The van der Waals surface area contributed by atoms with Crippen LogP contribution in [0, 0.1) is 0 Å². The van der Waals surface area contributed by atoms with Crippen LogP contribution in [0.5, 0.6) is 0 Å². The summed E-state index contributed by atoms with van der Waals surface area (Å²) in [5, 5.41) is 12.6. The van der Waals surface area contributed by atoms with Crippen molar-refractivity contribution in [2.45, 2.75) is 32.7 Å². The fraction of sp³-hybridized carbons (Fsp3) is 0.467. The second-order valence-corrected chi connectivity index (χ2v) is 5.84. The SMILES string of the molecule is CCc1cc(CNC(=NC)NCC(C)c2cccs2)on1.I. The third-order valence-corrected chi connectivity index (χ3v) is 4.33. The third-order valence-electron chi connectivity index (χ3n) is 3.23. The summed E-state index contributed by atoms with van der Waals surface area (Å²) in [6.45, 7) is 5.69. The van der Waals surface area contributed by atoms with Gasteiger partial charge in [-0.15, -0.1) is 35.3 Å². The van der Waals surface area contributed by atoms with Crippen molar-refractivity contribution in [2.75, 3.05) is 13.6 Å². The molecule has 1 atom stereocenters. The molecule has 0 radical (unpaired) electrons. The van der Waals surface area contributed by atoms with Crippen molar-refractivity contribution < 1.29 is 4.52 Å². The zero-order valence-corrected chi connectivity index (χ0v) is 16.3. The largest absolute Gasteiger partial charge is 0.359 e. The number of thiophene rings is 1. The molecular formula is C15H23IN4OS. The first-order valence-corrected chi connectivity index (χ1v) is 8.03. The Bertz CT molecular complexity index is 568. The lowest BCUT2D eigenvalue weighted by Crippen LogP contribution is -2.38. The summed E-state index contributed by atoms with van der Waals surface area (Å²) in [6, 6.07) is 6.21. The molecule has 0 aliphatic heterocycles. The summed E-state index contributed by atoms with van der Waals surface area (Å²) in [6.07, 6.45) is 0.884. The molecule has 0 amide bonds. The molecule has 0 spiro atoms. The van der Waals surface area contributed by atoms with Crippen LogP contribution in [0.1, 0.15) is 36.1 Å². The van der Waals surface area contributed by atoms with Crippen LogP contribution in [-0.4, -0.2) is 24.7 Å². The fourth-order valence-corrected chi connectivity index (χ4v) is 2.71. The van der Waals surface area contributed by atoms with E-state index in [0.717, 1.165) is 30.4 Å². The molecule has 2 heterocycles. The molecule has 2 N–H and O–H groups in total. The van der Waals surface area contributed by atoms with E-state index < -0.39 is 0 Å². The van der Waals surface area contributed by atoms with Gasteiger partial charge in [-0.25, -0.2) is 0 Å². The molecule has 0 aliphatic rings. The van der Waals surface area contributed by atoms with Gasteiger partial charge in [-0.2, -0.15) is 0 Å². The second kappa shape index (κ2) is 9.83. The normalized spacial score (nSPS) is 12.6. The van der Waals surface area contributed by atoms with Gasteiger partial charge in [0, 0.05) is 30.5 Å². The Morgan fingerprint density at radius 2 is 2.27 bits per heavy atom. The number of aromatic nitrogens is 1. The summed E-state index contributed by atoms with van der Waals surface area (Å²) >= 11 is 1.78. The van der Waals surface area contributed by atoms with Gasteiger partial charge in [-0.05, 0) is 17.9 Å². The molecule has 2 aromatic rings. The molecule has 2 rings (SSSR count). The Hall–Kier alpha value is -1.09. The van der Waals surface area contributed by atoms with Crippen LogP contribution in [0.25, 0.3) is 0 Å². The molecule has 0 fully saturated rings. The van der Waals surface area contributed by atoms with E-state index in [2.05, 4.69) is 52.1 Å². The van der Waals surface area contributed by atoms with Crippen LogP contribution in [0.3, 0.4) is 0 Å². The van der Waals surface area contributed by atoms with E-state index in [1.165, 1.54) is 4.88 Å². The lowest BCUT2D eigenvalue weighted by molar-refractivity contribution is 0.374. The van der Waals surface area contributed by atoms with E-state index in [-0.39, 0.29) is 24.0 Å². The minimum absolute atomic E-state index is 0. The number of rotatable bonds is 6. The molecule has 0 saturated carbocycles. The molecule has 0 saturated heterocycles. The maximum Gasteiger partial charge on any atom is 0.191 e. The van der Waals surface area contributed by atoms with Crippen molar-refractivity contribution in [1.29, 1.82) is 0 Å². The van der Waals surface area contributed by atoms with Gasteiger partial charge in [-0.3, -0.25) is 4.99 Å². The van der Waals surface area contributed by atoms with Gasteiger partial charge >= 0.3 is 0 Å². The van der Waals surface area contributed by atoms with Crippen LogP contribution in [0.15, 0.2) is 33.1 Å². The van der Waals surface area contributed by atoms with E-state index in [9.17, 15) is 0 Å². The summed E-state index contributed by atoms with van der Waals surface area (Å²) in [5.74, 6) is 2.05. The topological polar surface area (TPSA) is 62.5 Å². The maximum atomic E-state index is 5.24. The van der Waals surface area contributed by atoms with Gasteiger partial charge in [0.25, 0.3) is 0 Å². The number of halogens is 1. The standard InChI is InChI=1S/C15H22N4OS.HI/c1-4-12-8-13(20-19-12)10-18-15(16-3)17-9-11(2)14-6-5-7-21-14;/h5-8,11H,4,9-10H2,1-3H3,(H2,16,17,18);1H. The number of nitrogens with zero attached hydrogens (tertiary/aromatic N) is 2. The van der Waals surface area contributed by atoms with Gasteiger partial charge in [-0.1, -0.05) is 25.1 Å². The molecular weight excluding hydrogens is 411 g/mol. The van der Waals surface area contributed by atoms with Gasteiger partial charge in [0.15, 0.2) is 11.7 Å². The number of aryl methyl sites for hydroxylation is 1. The van der Waals surface area contributed by atoms with Crippen LogP contribution in [-0.2, 0) is 13.0 Å². The Morgan fingerprint density at radius 3 is 2.86 bits per heavy atom. The predicted octanol–water partition coefficient (Wildman–Crippen LogP) is 3.39. The minimum Gasteiger partial charge on any atom is -0.359 e. The molecule has 0 bridgehead atoms. The van der Waals surface area contributed by atoms with Crippen molar-refractivity contribution in [1.82, 2.24) is 15.8 Å². The van der Waals surface area contributed by atoms with E-state index >= 15 is 0 Å². The smallest absolute Gasteiger partial charge is 0.191 e.